The molecule has 2 aliphatic heterocycles. The van der Waals surface area contributed by atoms with Crippen LogP contribution in [0.4, 0.5) is 0 Å². The number of rotatable bonds is 4. The zero-order chi connectivity index (χ0) is 25.9. The molecule has 4 heterocycles. The summed E-state index contributed by atoms with van der Waals surface area (Å²) in [7, 11) is 0. The van der Waals surface area contributed by atoms with Gasteiger partial charge in [-0.15, -0.1) is 0 Å². The van der Waals surface area contributed by atoms with Gasteiger partial charge in [-0.3, -0.25) is 14.8 Å². The molecule has 37 heavy (non-hydrogen) atoms. The van der Waals surface area contributed by atoms with E-state index in [1.165, 1.54) is 0 Å². The summed E-state index contributed by atoms with van der Waals surface area (Å²) in [6, 6.07) is 8.37. The summed E-state index contributed by atoms with van der Waals surface area (Å²) >= 11 is 0. The van der Waals surface area contributed by atoms with Crippen molar-refractivity contribution >= 4 is 28.1 Å². The van der Waals surface area contributed by atoms with Crippen molar-refractivity contribution in [2.45, 2.75) is 52.0 Å². The number of hydrogen-bond donors (Lipinski definition) is 1. The van der Waals surface area contributed by atoms with Crippen LogP contribution in [-0.2, 0) is 9.53 Å². The Bertz CT molecular complexity index is 1360. The highest BCUT2D eigenvalue weighted by Gasteiger charge is 2.26. The second-order valence-electron chi connectivity index (χ2n) is 10.1. The minimum atomic E-state index is 0.0466. The third-order valence-electron chi connectivity index (χ3n) is 7.15. The van der Waals surface area contributed by atoms with E-state index in [2.05, 4.69) is 29.9 Å². The standard InChI is InChI=1S/C29H34N6O2/c1-18(2)29-32-14-21(15-33-29)27-13-20-5-4-6-23(24(20)16-31-27)28(30)25-17-35(19(3)36)10-7-26(25)34-22-8-11-37-12-9-22/h4-6,13-16,18,22H,7-12,17,30H2,1-3H3/b28-25-,34-26?. The first-order valence-corrected chi connectivity index (χ1v) is 13.0. The quantitative estimate of drug-likeness (QED) is 0.573. The van der Waals surface area contributed by atoms with Gasteiger partial charge in [-0.2, -0.15) is 0 Å². The third kappa shape index (κ3) is 5.39. The number of fused-ring (bicyclic) bond motifs is 1. The summed E-state index contributed by atoms with van der Waals surface area (Å²) in [5.74, 6) is 1.14. The second-order valence-corrected chi connectivity index (χ2v) is 10.1. The molecular weight excluding hydrogens is 464 g/mol. The highest BCUT2D eigenvalue weighted by Crippen LogP contribution is 2.30. The minimum Gasteiger partial charge on any atom is -0.398 e. The number of aliphatic imine (C=N–C) groups is 1. The van der Waals surface area contributed by atoms with Gasteiger partial charge in [0.25, 0.3) is 0 Å². The van der Waals surface area contributed by atoms with Crippen molar-refractivity contribution in [1.29, 1.82) is 0 Å². The van der Waals surface area contributed by atoms with E-state index < -0.39 is 0 Å². The number of nitrogens with zero attached hydrogens (tertiary/aromatic N) is 5. The minimum absolute atomic E-state index is 0.0466. The molecule has 0 spiro atoms. The van der Waals surface area contributed by atoms with Crippen molar-refractivity contribution in [2.24, 2.45) is 10.7 Å². The maximum atomic E-state index is 12.2. The fourth-order valence-corrected chi connectivity index (χ4v) is 4.93. The Labute approximate surface area is 217 Å². The molecule has 2 N–H and O–H groups in total. The molecule has 0 bridgehead atoms. The summed E-state index contributed by atoms with van der Waals surface area (Å²) < 4.78 is 5.51. The van der Waals surface area contributed by atoms with E-state index in [0.29, 0.717) is 25.2 Å². The molecule has 0 unspecified atom stereocenters. The predicted octanol–water partition coefficient (Wildman–Crippen LogP) is 4.36. The van der Waals surface area contributed by atoms with Gasteiger partial charge in [0.15, 0.2) is 0 Å². The van der Waals surface area contributed by atoms with Crippen molar-refractivity contribution in [1.82, 2.24) is 19.9 Å². The number of hydrogen-bond acceptors (Lipinski definition) is 7. The fourth-order valence-electron chi connectivity index (χ4n) is 4.93. The van der Waals surface area contributed by atoms with Crippen molar-refractivity contribution in [3.8, 4) is 11.3 Å². The van der Waals surface area contributed by atoms with E-state index in [1.54, 1.807) is 6.92 Å². The van der Waals surface area contributed by atoms with Crippen LogP contribution in [0.2, 0.25) is 0 Å². The Kier molecular flexibility index (Phi) is 7.28. The van der Waals surface area contributed by atoms with E-state index in [1.807, 2.05) is 41.7 Å². The number of pyridine rings is 1. The lowest BCUT2D eigenvalue weighted by Gasteiger charge is -2.31. The number of aromatic nitrogens is 3. The highest BCUT2D eigenvalue weighted by molar-refractivity contribution is 6.10. The normalized spacial score (nSPS) is 19.6. The summed E-state index contributed by atoms with van der Waals surface area (Å²) in [4.78, 5) is 32.9. The van der Waals surface area contributed by atoms with Gasteiger partial charge in [-0.05, 0) is 24.3 Å². The average molecular weight is 499 g/mol. The van der Waals surface area contributed by atoms with Crippen LogP contribution in [0, 0.1) is 0 Å². The van der Waals surface area contributed by atoms with Crippen molar-refractivity contribution in [3.63, 3.8) is 0 Å². The zero-order valence-electron chi connectivity index (χ0n) is 21.8. The number of likely N-dealkylation sites (tertiary alicyclic amines) is 1. The molecule has 3 aromatic rings. The van der Waals surface area contributed by atoms with Gasteiger partial charge < -0.3 is 15.4 Å². The molecule has 1 amide bonds. The topological polar surface area (TPSA) is 107 Å². The molecule has 8 heteroatoms. The largest absolute Gasteiger partial charge is 0.398 e. The highest BCUT2D eigenvalue weighted by atomic mass is 16.5. The van der Waals surface area contributed by atoms with Crippen LogP contribution >= 0.6 is 0 Å². The molecule has 8 nitrogen and oxygen atoms in total. The molecule has 192 valence electrons. The maximum Gasteiger partial charge on any atom is 0.219 e. The molecule has 0 atom stereocenters. The average Bonchev–Trinajstić information content (AvgIpc) is 2.92. The van der Waals surface area contributed by atoms with Crippen LogP contribution in [0.3, 0.4) is 0 Å². The van der Waals surface area contributed by atoms with Gasteiger partial charge in [-0.25, -0.2) is 9.97 Å². The van der Waals surface area contributed by atoms with E-state index in [9.17, 15) is 4.79 Å². The SMILES string of the molecule is CC(=O)N1CCC(=NC2CCOCC2)/C(=C(\N)c2cccc3cc(-c4cnc(C(C)C)nc4)ncc23)C1. The Balaban J connectivity index is 1.54. The smallest absolute Gasteiger partial charge is 0.219 e. The summed E-state index contributed by atoms with van der Waals surface area (Å²) in [6.07, 6.45) is 8.05. The number of benzene rings is 1. The number of ether oxygens (including phenoxy) is 1. The fraction of sp³-hybridized carbons (Fsp3) is 0.414. The number of nitrogens with two attached hydrogens (primary N) is 1. The molecule has 0 aliphatic carbocycles. The van der Waals surface area contributed by atoms with Gasteiger partial charge in [0.2, 0.25) is 5.91 Å². The van der Waals surface area contributed by atoms with Gasteiger partial charge in [-0.1, -0.05) is 32.0 Å². The number of carbonyl (C=O) groups is 1. The molecule has 5 rings (SSSR count). The Hall–Kier alpha value is -3.65. The van der Waals surface area contributed by atoms with E-state index >= 15 is 0 Å². The number of carbonyl (C=O) groups excluding carboxylic acids is 1. The van der Waals surface area contributed by atoms with Gasteiger partial charge in [0.1, 0.15) is 5.82 Å². The molecule has 2 aliphatic rings. The lowest BCUT2D eigenvalue weighted by Crippen LogP contribution is -2.40. The van der Waals surface area contributed by atoms with Gasteiger partial charge in [0, 0.05) is 97.7 Å². The van der Waals surface area contributed by atoms with Crippen LogP contribution in [0.5, 0.6) is 0 Å². The van der Waals surface area contributed by atoms with Crippen molar-refractivity contribution < 1.29 is 9.53 Å². The van der Waals surface area contributed by atoms with Crippen LogP contribution in [0.25, 0.3) is 27.7 Å². The first kappa shape index (κ1) is 25.0. The first-order chi connectivity index (χ1) is 17.9. The predicted molar refractivity (Wildman–Crippen MR) is 146 cm³/mol. The first-order valence-electron chi connectivity index (χ1n) is 13.0. The molecule has 1 aromatic carbocycles. The van der Waals surface area contributed by atoms with E-state index in [-0.39, 0.29) is 17.9 Å². The summed E-state index contributed by atoms with van der Waals surface area (Å²) in [5, 5.41) is 1.99. The molecule has 2 aromatic heterocycles. The van der Waals surface area contributed by atoms with E-state index in [4.69, 9.17) is 20.4 Å². The van der Waals surface area contributed by atoms with Gasteiger partial charge in [0.05, 0.1) is 11.7 Å². The van der Waals surface area contributed by atoms with Crippen LogP contribution < -0.4 is 5.73 Å². The van der Waals surface area contributed by atoms with Crippen molar-refractivity contribution in [2.75, 3.05) is 26.3 Å². The molecule has 0 saturated carbocycles. The third-order valence-corrected chi connectivity index (χ3v) is 7.15. The second kappa shape index (κ2) is 10.8. The van der Waals surface area contributed by atoms with Crippen LogP contribution in [0.15, 0.2) is 53.4 Å². The van der Waals surface area contributed by atoms with Gasteiger partial charge >= 0.3 is 0 Å². The number of amides is 1. The Morgan fingerprint density at radius 3 is 2.59 bits per heavy atom. The molecule has 0 radical (unpaired) electrons. The monoisotopic (exact) mass is 498 g/mol. The lowest BCUT2D eigenvalue weighted by atomic mass is 9.93. The van der Waals surface area contributed by atoms with E-state index in [0.717, 1.165) is 70.8 Å². The zero-order valence-corrected chi connectivity index (χ0v) is 21.8. The molecular formula is C29H34N6O2. The number of piperidine rings is 1. The van der Waals surface area contributed by atoms with Crippen LogP contribution in [0.1, 0.15) is 57.3 Å². The lowest BCUT2D eigenvalue weighted by molar-refractivity contribution is -0.128. The molecule has 2 fully saturated rings. The summed E-state index contributed by atoms with van der Waals surface area (Å²) in [5.41, 5.74) is 12.1. The maximum absolute atomic E-state index is 12.2. The Morgan fingerprint density at radius 1 is 1.14 bits per heavy atom. The van der Waals surface area contributed by atoms with Crippen LogP contribution in [-0.4, -0.2) is 63.8 Å². The Morgan fingerprint density at radius 2 is 1.89 bits per heavy atom. The molecule has 2 saturated heterocycles. The van der Waals surface area contributed by atoms with Crippen molar-refractivity contribution in [3.05, 3.63) is 59.8 Å². The summed E-state index contributed by atoms with van der Waals surface area (Å²) in [6.45, 7) is 8.35.